The summed E-state index contributed by atoms with van der Waals surface area (Å²) in [5.41, 5.74) is 1.50. The van der Waals surface area contributed by atoms with E-state index >= 15 is 0 Å². The summed E-state index contributed by atoms with van der Waals surface area (Å²) < 4.78 is 17.0. The molecule has 0 fully saturated rings. The summed E-state index contributed by atoms with van der Waals surface area (Å²) in [6.07, 6.45) is 2.97. The summed E-state index contributed by atoms with van der Waals surface area (Å²) in [5.74, 6) is -0.734. The molecule has 0 aliphatic heterocycles. The van der Waals surface area contributed by atoms with Crippen LogP contribution in [0.15, 0.2) is 41.3 Å². The van der Waals surface area contributed by atoms with E-state index in [1.807, 2.05) is 6.92 Å². The van der Waals surface area contributed by atoms with E-state index in [0.29, 0.717) is 33.7 Å². The molecule has 124 valence electrons. The summed E-state index contributed by atoms with van der Waals surface area (Å²) in [5, 5.41) is 17.7. The van der Waals surface area contributed by atoms with Gasteiger partial charge in [-0.2, -0.15) is 10.2 Å². The van der Waals surface area contributed by atoms with Crippen LogP contribution < -0.4 is 0 Å². The third-order valence-electron chi connectivity index (χ3n) is 3.63. The molecule has 0 saturated carbocycles. The molecular weight excluding hydrogens is 379 g/mol. The van der Waals surface area contributed by atoms with Crippen molar-refractivity contribution in [2.45, 2.75) is 20.1 Å². The standard InChI is InChI=1S/C16H14BrFN4O2/c1-2-21-16(17)12(8-20-21)15(24)14-5-6-19-22(14)13-4-3-11(18)7-10(13)9-23/h3-8,23H,2,9H2,1H3. The van der Waals surface area contributed by atoms with Crippen LogP contribution in [0.5, 0.6) is 0 Å². The Hall–Kier alpha value is -2.32. The van der Waals surface area contributed by atoms with Gasteiger partial charge in [0.2, 0.25) is 5.78 Å². The molecule has 2 heterocycles. The minimum Gasteiger partial charge on any atom is -0.392 e. The molecule has 3 rings (SSSR count). The van der Waals surface area contributed by atoms with Gasteiger partial charge < -0.3 is 5.11 Å². The van der Waals surface area contributed by atoms with Crippen molar-refractivity contribution in [3.05, 3.63) is 63.9 Å². The van der Waals surface area contributed by atoms with Crippen LogP contribution in [-0.2, 0) is 13.2 Å². The first-order valence-corrected chi connectivity index (χ1v) is 8.05. The molecule has 8 heteroatoms. The number of hydrogen-bond donors (Lipinski definition) is 1. The van der Waals surface area contributed by atoms with Gasteiger partial charge in [0.15, 0.2) is 0 Å². The molecule has 0 radical (unpaired) electrons. The molecule has 0 bridgehead atoms. The SMILES string of the molecule is CCn1ncc(C(=O)c2ccnn2-c2ccc(F)cc2CO)c1Br. The van der Waals surface area contributed by atoms with Gasteiger partial charge in [-0.15, -0.1) is 0 Å². The number of aromatic nitrogens is 4. The van der Waals surface area contributed by atoms with Crippen LogP contribution in [0.4, 0.5) is 4.39 Å². The maximum Gasteiger partial charge on any atom is 0.215 e. The molecule has 0 amide bonds. The number of benzene rings is 1. The molecule has 3 aromatic rings. The van der Waals surface area contributed by atoms with E-state index in [4.69, 9.17) is 0 Å². The van der Waals surface area contributed by atoms with Crippen molar-refractivity contribution in [3.8, 4) is 5.69 Å². The molecule has 0 aliphatic carbocycles. The molecule has 0 saturated heterocycles. The Kier molecular flexibility index (Phi) is 4.59. The number of aryl methyl sites for hydroxylation is 1. The number of carbonyl (C=O) groups excluding carboxylic acids is 1. The normalized spacial score (nSPS) is 11.0. The van der Waals surface area contributed by atoms with Gasteiger partial charge in [0.1, 0.15) is 16.1 Å². The van der Waals surface area contributed by atoms with Gasteiger partial charge in [-0.05, 0) is 47.1 Å². The van der Waals surface area contributed by atoms with E-state index in [1.54, 1.807) is 10.7 Å². The second-order valence-electron chi connectivity index (χ2n) is 5.05. The van der Waals surface area contributed by atoms with Crippen molar-refractivity contribution in [2.75, 3.05) is 0 Å². The molecular formula is C16H14BrFN4O2. The Labute approximate surface area is 145 Å². The fourth-order valence-corrected chi connectivity index (χ4v) is 3.06. The van der Waals surface area contributed by atoms with Crippen molar-refractivity contribution < 1.29 is 14.3 Å². The van der Waals surface area contributed by atoms with Crippen molar-refractivity contribution in [1.82, 2.24) is 19.6 Å². The highest BCUT2D eigenvalue weighted by Crippen LogP contribution is 2.23. The monoisotopic (exact) mass is 392 g/mol. The summed E-state index contributed by atoms with van der Waals surface area (Å²) in [6, 6.07) is 5.53. The highest BCUT2D eigenvalue weighted by atomic mass is 79.9. The van der Waals surface area contributed by atoms with Crippen LogP contribution in [-0.4, -0.2) is 30.5 Å². The van der Waals surface area contributed by atoms with Crippen LogP contribution in [0.1, 0.15) is 28.5 Å². The molecule has 0 aliphatic rings. The second kappa shape index (κ2) is 6.66. The van der Waals surface area contributed by atoms with Crippen LogP contribution >= 0.6 is 15.9 Å². The quantitative estimate of drug-likeness (QED) is 0.677. The van der Waals surface area contributed by atoms with Gasteiger partial charge in [0.05, 0.1) is 30.3 Å². The summed E-state index contributed by atoms with van der Waals surface area (Å²) in [4.78, 5) is 12.8. The van der Waals surface area contributed by atoms with Gasteiger partial charge in [-0.1, -0.05) is 0 Å². The van der Waals surface area contributed by atoms with Gasteiger partial charge in [0.25, 0.3) is 0 Å². The zero-order valence-electron chi connectivity index (χ0n) is 12.8. The lowest BCUT2D eigenvalue weighted by molar-refractivity contribution is 0.103. The second-order valence-corrected chi connectivity index (χ2v) is 5.80. The van der Waals surface area contributed by atoms with E-state index in [9.17, 15) is 14.3 Å². The minimum atomic E-state index is -0.463. The van der Waals surface area contributed by atoms with Crippen molar-refractivity contribution in [3.63, 3.8) is 0 Å². The Morgan fingerprint density at radius 3 is 2.79 bits per heavy atom. The highest BCUT2D eigenvalue weighted by Gasteiger charge is 2.22. The number of halogens is 2. The Morgan fingerprint density at radius 1 is 1.33 bits per heavy atom. The van der Waals surface area contributed by atoms with E-state index < -0.39 is 5.82 Å². The van der Waals surface area contributed by atoms with E-state index in [2.05, 4.69) is 26.1 Å². The van der Waals surface area contributed by atoms with E-state index in [1.165, 1.54) is 35.3 Å². The fourth-order valence-electron chi connectivity index (χ4n) is 2.44. The number of ketones is 1. The number of nitrogens with zero attached hydrogens (tertiary/aromatic N) is 4. The Morgan fingerprint density at radius 2 is 2.12 bits per heavy atom. The number of aliphatic hydroxyl groups is 1. The third kappa shape index (κ3) is 2.78. The molecule has 24 heavy (non-hydrogen) atoms. The third-order valence-corrected chi connectivity index (χ3v) is 4.47. The predicted molar refractivity (Wildman–Crippen MR) is 88.5 cm³/mol. The van der Waals surface area contributed by atoms with Gasteiger partial charge >= 0.3 is 0 Å². The molecule has 6 nitrogen and oxygen atoms in total. The molecule has 0 spiro atoms. The summed E-state index contributed by atoms with van der Waals surface area (Å²) >= 11 is 3.38. The zero-order valence-corrected chi connectivity index (χ0v) is 14.4. The highest BCUT2D eigenvalue weighted by molar-refractivity contribution is 9.10. The minimum absolute atomic E-state index is 0.271. The first-order valence-electron chi connectivity index (χ1n) is 7.26. The largest absolute Gasteiger partial charge is 0.392 e. The predicted octanol–water partition coefficient (Wildman–Crippen LogP) is 2.71. The van der Waals surface area contributed by atoms with Crippen LogP contribution in [0.2, 0.25) is 0 Å². The number of rotatable bonds is 5. The lowest BCUT2D eigenvalue weighted by Crippen LogP contribution is -2.12. The first kappa shape index (κ1) is 16.5. The number of carbonyl (C=O) groups is 1. The topological polar surface area (TPSA) is 72.9 Å². The zero-order chi connectivity index (χ0) is 17.3. The van der Waals surface area contributed by atoms with Crippen molar-refractivity contribution in [2.24, 2.45) is 0 Å². The maximum atomic E-state index is 13.4. The van der Waals surface area contributed by atoms with Gasteiger partial charge in [-0.25, -0.2) is 9.07 Å². The maximum absolute atomic E-state index is 13.4. The van der Waals surface area contributed by atoms with Crippen molar-refractivity contribution >= 4 is 21.7 Å². The van der Waals surface area contributed by atoms with Crippen LogP contribution in [0.25, 0.3) is 5.69 Å². The van der Waals surface area contributed by atoms with Gasteiger partial charge in [0, 0.05) is 12.1 Å². The summed E-state index contributed by atoms with van der Waals surface area (Å²) in [7, 11) is 0. The summed E-state index contributed by atoms with van der Waals surface area (Å²) in [6.45, 7) is 2.18. The number of aliphatic hydroxyl groups excluding tert-OH is 1. The smallest absolute Gasteiger partial charge is 0.215 e. The molecule has 2 aromatic heterocycles. The average molecular weight is 393 g/mol. The molecule has 1 aromatic carbocycles. The molecule has 0 unspecified atom stereocenters. The fraction of sp³-hybridized carbons (Fsp3) is 0.188. The van der Waals surface area contributed by atoms with E-state index in [0.717, 1.165) is 0 Å². The lowest BCUT2D eigenvalue weighted by atomic mass is 10.1. The van der Waals surface area contributed by atoms with Crippen LogP contribution in [0.3, 0.4) is 0 Å². The Bertz CT molecular complexity index is 903. The van der Waals surface area contributed by atoms with E-state index in [-0.39, 0.29) is 12.4 Å². The van der Waals surface area contributed by atoms with Crippen molar-refractivity contribution in [1.29, 1.82) is 0 Å². The average Bonchev–Trinajstić information content (AvgIpc) is 3.20. The molecule has 1 N–H and O–H groups in total. The number of hydrogen-bond acceptors (Lipinski definition) is 4. The molecule has 0 atom stereocenters. The Balaban J connectivity index is 2.08. The van der Waals surface area contributed by atoms with Gasteiger partial charge in [-0.3, -0.25) is 9.48 Å². The first-order chi connectivity index (χ1) is 11.6. The lowest BCUT2D eigenvalue weighted by Gasteiger charge is -2.11. The van der Waals surface area contributed by atoms with Crippen LogP contribution in [0, 0.1) is 5.82 Å².